The van der Waals surface area contributed by atoms with Gasteiger partial charge in [-0.3, -0.25) is 9.78 Å². The Morgan fingerprint density at radius 1 is 1.37 bits per heavy atom. The number of aliphatic hydroxyl groups excluding tert-OH is 1. The molecule has 0 aliphatic heterocycles. The fourth-order valence-electron chi connectivity index (χ4n) is 1.61. The summed E-state index contributed by atoms with van der Waals surface area (Å²) < 4.78 is 5.08. The molecule has 5 nitrogen and oxygen atoms in total. The Hall–Kier alpha value is -2.40. The Morgan fingerprint density at radius 3 is 2.95 bits per heavy atom. The number of benzene rings is 1. The molecule has 0 fully saturated rings. The number of aliphatic hydroxyl groups is 1. The molecule has 0 radical (unpaired) electrons. The van der Waals surface area contributed by atoms with Crippen molar-refractivity contribution >= 4 is 11.6 Å². The van der Waals surface area contributed by atoms with E-state index in [0.29, 0.717) is 22.7 Å². The first-order valence-electron chi connectivity index (χ1n) is 5.74. The largest absolute Gasteiger partial charge is 0.497 e. The van der Waals surface area contributed by atoms with Gasteiger partial charge < -0.3 is 15.2 Å². The third-order valence-electron chi connectivity index (χ3n) is 2.57. The summed E-state index contributed by atoms with van der Waals surface area (Å²) >= 11 is 0. The Morgan fingerprint density at radius 2 is 2.21 bits per heavy atom. The fraction of sp³-hybridized carbons (Fsp3) is 0.143. The number of hydrogen-bond acceptors (Lipinski definition) is 4. The van der Waals surface area contributed by atoms with Gasteiger partial charge in [0.05, 0.1) is 19.4 Å². The zero-order chi connectivity index (χ0) is 13.7. The maximum atomic E-state index is 12.0. The van der Waals surface area contributed by atoms with Crippen LogP contribution in [0.1, 0.15) is 16.1 Å². The molecule has 1 heterocycles. The summed E-state index contributed by atoms with van der Waals surface area (Å²) in [4.78, 5) is 15.9. The summed E-state index contributed by atoms with van der Waals surface area (Å²) in [5.74, 6) is 0.411. The van der Waals surface area contributed by atoms with Crippen LogP contribution in [0.3, 0.4) is 0 Å². The molecule has 2 aromatic rings. The van der Waals surface area contributed by atoms with Crippen molar-refractivity contribution in [2.24, 2.45) is 0 Å². The number of carbonyl (C=O) groups excluding carboxylic acids is 1. The molecule has 0 aliphatic rings. The molecule has 0 aliphatic carbocycles. The van der Waals surface area contributed by atoms with Crippen LogP contribution in [0, 0.1) is 0 Å². The van der Waals surface area contributed by atoms with E-state index < -0.39 is 0 Å². The highest BCUT2D eigenvalue weighted by Gasteiger charge is 2.07. The van der Waals surface area contributed by atoms with Crippen LogP contribution in [0.4, 0.5) is 5.69 Å². The molecule has 0 saturated heterocycles. The molecule has 1 aromatic heterocycles. The minimum absolute atomic E-state index is 0.194. The minimum Gasteiger partial charge on any atom is -0.497 e. The van der Waals surface area contributed by atoms with Crippen molar-refractivity contribution in [3.63, 3.8) is 0 Å². The zero-order valence-corrected chi connectivity index (χ0v) is 10.5. The number of nitrogens with one attached hydrogen (secondary N) is 1. The van der Waals surface area contributed by atoms with Gasteiger partial charge in [0.1, 0.15) is 5.75 Å². The van der Waals surface area contributed by atoms with E-state index in [4.69, 9.17) is 9.84 Å². The lowest BCUT2D eigenvalue weighted by Gasteiger charge is -2.07. The SMILES string of the molecule is COc1cccc(NC(=O)c2ccnc(CO)c2)c1. The number of carbonyl (C=O) groups is 1. The van der Waals surface area contributed by atoms with E-state index in [1.54, 1.807) is 43.5 Å². The van der Waals surface area contributed by atoms with E-state index >= 15 is 0 Å². The second-order valence-electron chi connectivity index (χ2n) is 3.88. The smallest absolute Gasteiger partial charge is 0.255 e. The molecule has 0 atom stereocenters. The van der Waals surface area contributed by atoms with Crippen LogP contribution in [-0.2, 0) is 6.61 Å². The van der Waals surface area contributed by atoms with Crippen molar-refractivity contribution in [3.05, 3.63) is 53.9 Å². The van der Waals surface area contributed by atoms with E-state index in [1.807, 2.05) is 0 Å². The number of aromatic nitrogens is 1. The van der Waals surface area contributed by atoms with Gasteiger partial charge in [-0.15, -0.1) is 0 Å². The molecule has 1 amide bonds. The van der Waals surface area contributed by atoms with Crippen molar-refractivity contribution in [2.45, 2.75) is 6.61 Å². The van der Waals surface area contributed by atoms with Crippen molar-refractivity contribution in [1.82, 2.24) is 4.98 Å². The van der Waals surface area contributed by atoms with Crippen LogP contribution in [0.2, 0.25) is 0 Å². The molecule has 5 heteroatoms. The zero-order valence-electron chi connectivity index (χ0n) is 10.5. The topological polar surface area (TPSA) is 71.5 Å². The standard InChI is InChI=1S/C14H14N2O3/c1-19-13-4-2-3-11(8-13)16-14(18)10-5-6-15-12(7-10)9-17/h2-8,17H,9H2,1H3,(H,16,18). The van der Waals surface area contributed by atoms with Crippen molar-refractivity contribution in [1.29, 1.82) is 0 Å². The van der Waals surface area contributed by atoms with Gasteiger partial charge in [0.25, 0.3) is 5.91 Å². The molecule has 2 N–H and O–H groups in total. The summed E-state index contributed by atoms with van der Waals surface area (Å²) in [5.41, 5.74) is 1.55. The predicted molar refractivity (Wildman–Crippen MR) is 71.1 cm³/mol. The Labute approximate surface area is 110 Å². The van der Waals surface area contributed by atoms with Gasteiger partial charge in [-0.1, -0.05) is 6.07 Å². The van der Waals surface area contributed by atoms with Gasteiger partial charge in [-0.05, 0) is 24.3 Å². The van der Waals surface area contributed by atoms with Crippen LogP contribution < -0.4 is 10.1 Å². The van der Waals surface area contributed by atoms with Gasteiger partial charge in [-0.2, -0.15) is 0 Å². The van der Waals surface area contributed by atoms with E-state index in [1.165, 1.54) is 6.20 Å². The van der Waals surface area contributed by atoms with E-state index in [0.717, 1.165) is 0 Å². The summed E-state index contributed by atoms with van der Waals surface area (Å²) in [6.45, 7) is -0.194. The predicted octanol–water partition coefficient (Wildman–Crippen LogP) is 1.83. The Bertz CT molecular complexity index is 584. The second-order valence-corrected chi connectivity index (χ2v) is 3.88. The average Bonchev–Trinajstić information content (AvgIpc) is 2.47. The number of rotatable bonds is 4. The summed E-state index contributed by atoms with van der Waals surface area (Å²) in [5, 5.41) is 11.7. The van der Waals surface area contributed by atoms with E-state index in [9.17, 15) is 4.79 Å². The van der Waals surface area contributed by atoms with Gasteiger partial charge in [0.15, 0.2) is 0 Å². The first-order valence-corrected chi connectivity index (χ1v) is 5.74. The van der Waals surface area contributed by atoms with Crippen molar-refractivity contribution < 1.29 is 14.6 Å². The highest BCUT2D eigenvalue weighted by molar-refractivity contribution is 6.04. The van der Waals surface area contributed by atoms with Crippen LogP contribution in [0.25, 0.3) is 0 Å². The molecular formula is C14H14N2O3. The monoisotopic (exact) mass is 258 g/mol. The van der Waals surface area contributed by atoms with Gasteiger partial charge in [0.2, 0.25) is 0 Å². The first kappa shape index (κ1) is 13.0. The van der Waals surface area contributed by atoms with Gasteiger partial charge in [-0.25, -0.2) is 0 Å². The lowest BCUT2D eigenvalue weighted by atomic mass is 10.2. The highest BCUT2D eigenvalue weighted by Crippen LogP contribution is 2.17. The molecule has 0 saturated carbocycles. The highest BCUT2D eigenvalue weighted by atomic mass is 16.5. The quantitative estimate of drug-likeness (QED) is 0.877. The molecule has 0 spiro atoms. The molecule has 0 bridgehead atoms. The summed E-state index contributed by atoms with van der Waals surface area (Å²) in [6.07, 6.45) is 1.49. The molecular weight excluding hydrogens is 244 g/mol. The molecule has 98 valence electrons. The maximum absolute atomic E-state index is 12.0. The van der Waals surface area contributed by atoms with Gasteiger partial charge >= 0.3 is 0 Å². The van der Waals surface area contributed by atoms with Gasteiger partial charge in [0, 0.05) is 23.5 Å². The third-order valence-corrected chi connectivity index (χ3v) is 2.57. The number of amides is 1. The number of methoxy groups -OCH3 is 1. The minimum atomic E-state index is -0.259. The Balaban J connectivity index is 2.15. The van der Waals surface area contributed by atoms with E-state index in [2.05, 4.69) is 10.3 Å². The van der Waals surface area contributed by atoms with Crippen LogP contribution >= 0.6 is 0 Å². The second kappa shape index (κ2) is 5.97. The van der Waals surface area contributed by atoms with Crippen molar-refractivity contribution in [2.75, 3.05) is 12.4 Å². The Kier molecular flexibility index (Phi) is 4.10. The molecule has 2 rings (SSSR count). The lowest BCUT2D eigenvalue weighted by Crippen LogP contribution is -2.12. The average molecular weight is 258 g/mol. The number of anilines is 1. The summed E-state index contributed by atoms with van der Waals surface area (Å²) in [7, 11) is 1.57. The number of ether oxygens (including phenoxy) is 1. The molecule has 0 unspecified atom stereocenters. The lowest BCUT2D eigenvalue weighted by molar-refractivity contribution is 0.102. The normalized spacial score (nSPS) is 10.0. The number of nitrogens with zero attached hydrogens (tertiary/aromatic N) is 1. The fourth-order valence-corrected chi connectivity index (χ4v) is 1.61. The molecule has 1 aromatic carbocycles. The van der Waals surface area contributed by atoms with Crippen LogP contribution in [0.15, 0.2) is 42.6 Å². The maximum Gasteiger partial charge on any atom is 0.255 e. The van der Waals surface area contributed by atoms with Crippen molar-refractivity contribution in [3.8, 4) is 5.75 Å². The number of hydrogen-bond donors (Lipinski definition) is 2. The third kappa shape index (κ3) is 3.29. The number of pyridine rings is 1. The van der Waals surface area contributed by atoms with Crippen LogP contribution in [0.5, 0.6) is 5.75 Å². The van der Waals surface area contributed by atoms with Crippen LogP contribution in [-0.4, -0.2) is 23.1 Å². The first-order chi connectivity index (χ1) is 9.22. The molecule has 19 heavy (non-hydrogen) atoms. The summed E-state index contributed by atoms with van der Waals surface area (Å²) in [6, 6.07) is 10.2. The van der Waals surface area contributed by atoms with E-state index in [-0.39, 0.29) is 12.5 Å².